The molecule has 1 amide bonds. The Morgan fingerprint density at radius 3 is 1.93 bits per heavy atom. The molecule has 0 radical (unpaired) electrons. The van der Waals surface area contributed by atoms with Crippen LogP contribution in [0, 0.1) is 20.2 Å². The van der Waals surface area contributed by atoms with Gasteiger partial charge in [0, 0.05) is 23.5 Å². The molecule has 1 aromatic carbocycles. The highest BCUT2D eigenvalue weighted by Crippen LogP contribution is 2.22. The molecule has 0 bridgehead atoms. The van der Waals surface area contributed by atoms with Crippen molar-refractivity contribution in [3.8, 4) is 0 Å². The summed E-state index contributed by atoms with van der Waals surface area (Å²) in [5.74, 6) is -0.641. The maximum absolute atomic E-state index is 12.3. The van der Waals surface area contributed by atoms with Crippen LogP contribution in [0.2, 0.25) is 0 Å². The lowest BCUT2D eigenvalue weighted by Crippen LogP contribution is -2.34. The van der Waals surface area contributed by atoms with Gasteiger partial charge in [0.2, 0.25) is 5.95 Å². The minimum atomic E-state index is -0.841. The second-order valence-corrected chi connectivity index (χ2v) is 5.95. The number of carbonyl (C=O) groups excluding carboxylic acids is 1. The standard InChI is InChI=1S/C16H16N6O5S/c1-3-10-7-11(4-2)18-15(17-10)20-16(28)19-14(23)9-5-12(21(24)25)8-13(6-9)22(26)27/h5-8H,3-4H2,1-2H3,(H2,17,18,19,20,23,28). The summed E-state index contributed by atoms with van der Waals surface area (Å²) in [6, 6.07) is 4.47. The summed E-state index contributed by atoms with van der Waals surface area (Å²) in [5, 5.41) is 26.7. The molecule has 0 fully saturated rings. The van der Waals surface area contributed by atoms with E-state index in [-0.39, 0.29) is 16.6 Å². The van der Waals surface area contributed by atoms with E-state index in [4.69, 9.17) is 12.2 Å². The number of nitrogens with zero attached hydrogens (tertiary/aromatic N) is 4. The van der Waals surface area contributed by atoms with Gasteiger partial charge in [0.05, 0.1) is 21.5 Å². The minimum Gasteiger partial charge on any atom is -0.301 e. The Labute approximate surface area is 164 Å². The van der Waals surface area contributed by atoms with Crippen molar-refractivity contribution in [1.29, 1.82) is 0 Å². The molecule has 2 aromatic rings. The van der Waals surface area contributed by atoms with Crippen LogP contribution in [0.3, 0.4) is 0 Å². The number of anilines is 1. The molecular weight excluding hydrogens is 388 g/mol. The number of amides is 1. The number of rotatable bonds is 6. The van der Waals surface area contributed by atoms with Crippen LogP contribution in [0.1, 0.15) is 35.6 Å². The normalized spacial score (nSPS) is 10.2. The second kappa shape index (κ2) is 8.90. The zero-order valence-corrected chi connectivity index (χ0v) is 15.8. The van der Waals surface area contributed by atoms with Crippen LogP contribution >= 0.6 is 12.2 Å². The molecular formula is C16H16N6O5S. The molecule has 0 spiro atoms. The topological polar surface area (TPSA) is 153 Å². The highest BCUT2D eigenvalue weighted by Gasteiger charge is 2.20. The lowest BCUT2D eigenvalue weighted by molar-refractivity contribution is -0.394. The Hall–Kier alpha value is -3.54. The van der Waals surface area contributed by atoms with Crippen LogP contribution in [0.15, 0.2) is 24.3 Å². The lowest BCUT2D eigenvalue weighted by atomic mass is 10.1. The van der Waals surface area contributed by atoms with Crippen molar-refractivity contribution in [2.24, 2.45) is 0 Å². The fourth-order valence-corrected chi connectivity index (χ4v) is 2.40. The van der Waals surface area contributed by atoms with E-state index in [0.29, 0.717) is 12.8 Å². The summed E-state index contributed by atoms with van der Waals surface area (Å²) in [4.78, 5) is 41.0. The second-order valence-electron chi connectivity index (χ2n) is 5.54. The molecule has 0 aliphatic heterocycles. The lowest BCUT2D eigenvalue weighted by Gasteiger charge is -2.10. The average molecular weight is 404 g/mol. The number of nitro groups is 2. The van der Waals surface area contributed by atoms with Crippen LogP contribution in [-0.4, -0.2) is 30.8 Å². The Morgan fingerprint density at radius 2 is 1.50 bits per heavy atom. The van der Waals surface area contributed by atoms with Crippen molar-refractivity contribution < 1.29 is 14.6 Å². The van der Waals surface area contributed by atoms with Gasteiger partial charge in [-0.15, -0.1) is 0 Å². The number of nitrogens with one attached hydrogen (secondary N) is 2. The number of hydrogen-bond acceptors (Lipinski definition) is 8. The Kier molecular flexibility index (Phi) is 6.60. The Balaban J connectivity index is 2.20. The third-order valence-electron chi connectivity index (χ3n) is 3.60. The molecule has 11 nitrogen and oxygen atoms in total. The van der Waals surface area contributed by atoms with Crippen molar-refractivity contribution in [2.45, 2.75) is 26.7 Å². The van der Waals surface area contributed by atoms with Gasteiger partial charge in [0.25, 0.3) is 17.3 Å². The van der Waals surface area contributed by atoms with Gasteiger partial charge in [-0.1, -0.05) is 13.8 Å². The monoisotopic (exact) mass is 404 g/mol. The minimum absolute atomic E-state index is 0.144. The van der Waals surface area contributed by atoms with Gasteiger partial charge in [-0.25, -0.2) is 9.97 Å². The van der Waals surface area contributed by atoms with Gasteiger partial charge in [-0.2, -0.15) is 0 Å². The van der Waals surface area contributed by atoms with E-state index in [2.05, 4.69) is 20.6 Å². The summed E-state index contributed by atoms with van der Waals surface area (Å²) in [5.41, 5.74) is 0.146. The fraction of sp³-hybridized carbons (Fsp3) is 0.250. The van der Waals surface area contributed by atoms with Gasteiger partial charge in [0.1, 0.15) is 0 Å². The predicted molar refractivity (Wildman–Crippen MR) is 104 cm³/mol. The summed E-state index contributed by atoms with van der Waals surface area (Å²) < 4.78 is 0. The van der Waals surface area contributed by atoms with Gasteiger partial charge >= 0.3 is 0 Å². The molecule has 0 aliphatic carbocycles. The highest BCUT2D eigenvalue weighted by molar-refractivity contribution is 7.80. The van der Waals surface area contributed by atoms with E-state index < -0.39 is 27.1 Å². The van der Waals surface area contributed by atoms with E-state index >= 15 is 0 Å². The third kappa shape index (κ3) is 5.23. The first kappa shape index (κ1) is 20.8. The summed E-state index contributed by atoms with van der Waals surface area (Å²) >= 11 is 5.05. The van der Waals surface area contributed by atoms with Crippen molar-refractivity contribution in [1.82, 2.24) is 15.3 Å². The molecule has 146 valence electrons. The van der Waals surface area contributed by atoms with E-state index in [0.717, 1.165) is 29.6 Å². The van der Waals surface area contributed by atoms with Crippen molar-refractivity contribution in [3.63, 3.8) is 0 Å². The van der Waals surface area contributed by atoms with E-state index in [1.54, 1.807) is 0 Å². The van der Waals surface area contributed by atoms with Crippen molar-refractivity contribution >= 4 is 40.6 Å². The molecule has 12 heteroatoms. The molecule has 0 saturated carbocycles. The number of aromatic nitrogens is 2. The first-order valence-corrected chi connectivity index (χ1v) is 8.57. The SMILES string of the molecule is CCc1cc(CC)nc(NC(=S)NC(=O)c2cc([N+](=O)[O-])cc([N+](=O)[O-])c2)n1. The van der Waals surface area contributed by atoms with Gasteiger partial charge in [0.15, 0.2) is 5.11 Å². The first-order valence-electron chi connectivity index (χ1n) is 8.16. The molecule has 0 atom stereocenters. The van der Waals surface area contributed by atoms with Gasteiger partial charge < -0.3 is 5.32 Å². The zero-order chi connectivity index (χ0) is 20.8. The summed E-state index contributed by atoms with van der Waals surface area (Å²) in [7, 11) is 0. The number of hydrogen-bond donors (Lipinski definition) is 2. The van der Waals surface area contributed by atoms with Crippen LogP contribution in [0.5, 0.6) is 0 Å². The quantitative estimate of drug-likeness (QED) is 0.420. The fourth-order valence-electron chi connectivity index (χ4n) is 2.22. The van der Waals surface area contributed by atoms with Crippen molar-refractivity contribution in [3.05, 3.63) is 61.4 Å². The van der Waals surface area contributed by atoms with E-state index in [1.165, 1.54) is 0 Å². The molecule has 0 saturated heterocycles. The average Bonchev–Trinajstić information content (AvgIpc) is 2.66. The van der Waals surface area contributed by atoms with Crippen LogP contribution in [-0.2, 0) is 12.8 Å². The number of aryl methyl sites for hydroxylation is 2. The number of thiocarbonyl (C=S) groups is 1. The van der Waals surface area contributed by atoms with Gasteiger partial charge in [-0.3, -0.25) is 30.3 Å². The highest BCUT2D eigenvalue weighted by atomic mass is 32.1. The zero-order valence-electron chi connectivity index (χ0n) is 15.0. The van der Waals surface area contributed by atoms with E-state index in [1.807, 2.05) is 19.9 Å². The molecule has 0 unspecified atom stereocenters. The molecule has 2 N–H and O–H groups in total. The third-order valence-corrected chi connectivity index (χ3v) is 3.80. The molecule has 2 rings (SSSR count). The molecule has 1 heterocycles. The van der Waals surface area contributed by atoms with Gasteiger partial charge in [-0.05, 0) is 31.1 Å². The Morgan fingerprint density at radius 1 is 1.00 bits per heavy atom. The predicted octanol–water partition coefficient (Wildman–Crippen LogP) is 2.54. The Bertz CT molecular complexity index is 910. The number of carbonyl (C=O) groups is 1. The maximum Gasteiger partial charge on any atom is 0.277 e. The number of nitro benzene ring substituents is 2. The number of non-ortho nitro benzene ring substituents is 2. The molecule has 1 aromatic heterocycles. The molecule has 0 aliphatic rings. The van der Waals surface area contributed by atoms with Crippen LogP contribution in [0.25, 0.3) is 0 Å². The summed E-state index contributed by atoms with van der Waals surface area (Å²) in [6.07, 6.45) is 1.36. The first-order chi connectivity index (χ1) is 13.2. The maximum atomic E-state index is 12.3. The van der Waals surface area contributed by atoms with Crippen molar-refractivity contribution in [2.75, 3.05) is 5.32 Å². The number of benzene rings is 1. The van der Waals surface area contributed by atoms with E-state index in [9.17, 15) is 25.0 Å². The summed E-state index contributed by atoms with van der Waals surface area (Å²) in [6.45, 7) is 3.86. The largest absolute Gasteiger partial charge is 0.301 e. The van der Waals surface area contributed by atoms with Crippen LogP contribution < -0.4 is 10.6 Å². The smallest absolute Gasteiger partial charge is 0.277 e. The van der Waals surface area contributed by atoms with Crippen LogP contribution in [0.4, 0.5) is 17.3 Å². The molecule has 28 heavy (non-hydrogen) atoms.